The number of amides is 2. The fourth-order valence-electron chi connectivity index (χ4n) is 2.63. The summed E-state index contributed by atoms with van der Waals surface area (Å²) < 4.78 is 5.47. The van der Waals surface area contributed by atoms with Crippen LogP contribution in [0, 0.1) is 0 Å². The summed E-state index contributed by atoms with van der Waals surface area (Å²) in [6, 6.07) is 7.70. The summed E-state index contributed by atoms with van der Waals surface area (Å²) in [5.74, 6) is -0.736. The van der Waals surface area contributed by atoms with E-state index < -0.39 is 0 Å². The molecule has 1 fully saturated rings. The molecule has 6 nitrogen and oxygen atoms in total. The Labute approximate surface area is 160 Å². The van der Waals surface area contributed by atoms with Crippen molar-refractivity contribution in [3.8, 4) is 0 Å². The number of rotatable bonds is 5. The van der Waals surface area contributed by atoms with E-state index in [-0.39, 0.29) is 23.6 Å². The summed E-state index contributed by atoms with van der Waals surface area (Å²) in [7, 11) is 0. The van der Waals surface area contributed by atoms with Crippen LogP contribution in [0.5, 0.6) is 0 Å². The van der Waals surface area contributed by atoms with Gasteiger partial charge in [-0.25, -0.2) is 0 Å². The Bertz CT molecular complexity index is 803. The zero-order valence-electron chi connectivity index (χ0n) is 13.8. The normalized spacial score (nSPS) is 16.3. The highest BCUT2D eigenvalue weighted by Gasteiger charge is 2.18. The van der Waals surface area contributed by atoms with Gasteiger partial charge in [-0.15, -0.1) is 0 Å². The molecule has 1 aromatic heterocycles. The fourth-order valence-corrected chi connectivity index (χ4v) is 3.15. The van der Waals surface area contributed by atoms with Crippen LogP contribution in [0.2, 0.25) is 10.0 Å². The minimum atomic E-state index is -0.390. The Morgan fingerprint density at radius 3 is 2.62 bits per heavy atom. The van der Waals surface area contributed by atoms with Crippen molar-refractivity contribution in [2.45, 2.75) is 18.9 Å². The van der Waals surface area contributed by atoms with Crippen molar-refractivity contribution in [3.63, 3.8) is 0 Å². The van der Waals surface area contributed by atoms with Gasteiger partial charge in [0.1, 0.15) is 5.69 Å². The smallest absolute Gasteiger partial charge is 0.269 e. The van der Waals surface area contributed by atoms with E-state index in [4.69, 9.17) is 27.9 Å². The molecule has 26 heavy (non-hydrogen) atoms. The molecule has 1 saturated heterocycles. The number of nitrogens with one attached hydrogen (secondary N) is 2. The summed E-state index contributed by atoms with van der Waals surface area (Å²) in [5.41, 5.74) is 0.937. The number of anilines is 1. The highest BCUT2D eigenvalue weighted by molar-refractivity contribution is 6.35. The molecule has 0 spiro atoms. The van der Waals surface area contributed by atoms with Crippen LogP contribution in [0.15, 0.2) is 36.5 Å². The van der Waals surface area contributed by atoms with E-state index in [0.29, 0.717) is 27.8 Å². The zero-order chi connectivity index (χ0) is 18.5. The van der Waals surface area contributed by atoms with Gasteiger partial charge in [-0.3, -0.25) is 14.6 Å². The molecule has 1 unspecified atom stereocenters. The average Bonchev–Trinajstić information content (AvgIpc) is 3.12. The van der Waals surface area contributed by atoms with Gasteiger partial charge in [0.05, 0.1) is 6.10 Å². The number of carbonyl (C=O) groups excluding carboxylic acids is 2. The lowest BCUT2D eigenvalue weighted by molar-refractivity contribution is 0.0853. The van der Waals surface area contributed by atoms with Crippen LogP contribution in [0.1, 0.15) is 33.7 Å². The van der Waals surface area contributed by atoms with Gasteiger partial charge >= 0.3 is 0 Å². The number of ether oxygens (including phenoxy) is 1. The Kier molecular flexibility index (Phi) is 6.08. The maximum atomic E-state index is 12.4. The van der Waals surface area contributed by atoms with E-state index in [1.807, 2.05) is 0 Å². The van der Waals surface area contributed by atoms with Crippen molar-refractivity contribution in [2.24, 2.45) is 0 Å². The minimum Gasteiger partial charge on any atom is -0.376 e. The summed E-state index contributed by atoms with van der Waals surface area (Å²) in [6.07, 6.45) is 3.39. The monoisotopic (exact) mass is 393 g/mol. The Hall–Kier alpha value is -2.15. The highest BCUT2D eigenvalue weighted by atomic mass is 35.5. The molecule has 1 atom stereocenters. The Balaban J connectivity index is 1.65. The third-order valence-corrected chi connectivity index (χ3v) is 4.33. The molecular formula is C18H17Cl2N3O3. The van der Waals surface area contributed by atoms with Gasteiger partial charge < -0.3 is 15.4 Å². The first-order chi connectivity index (χ1) is 12.5. The molecule has 0 bridgehead atoms. The maximum absolute atomic E-state index is 12.4. The number of carbonyl (C=O) groups is 2. The number of benzene rings is 1. The summed E-state index contributed by atoms with van der Waals surface area (Å²) in [4.78, 5) is 28.7. The maximum Gasteiger partial charge on any atom is 0.269 e. The van der Waals surface area contributed by atoms with Crippen LogP contribution in [0.3, 0.4) is 0 Å². The van der Waals surface area contributed by atoms with E-state index in [0.717, 1.165) is 19.4 Å². The van der Waals surface area contributed by atoms with Gasteiger partial charge in [0.25, 0.3) is 11.8 Å². The van der Waals surface area contributed by atoms with Crippen molar-refractivity contribution in [1.82, 2.24) is 10.3 Å². The van der Waals surface area contributed by atoms with E-state index >= 15 is 0 Å². The Morgan fingerprint density at radius 2 is 1.92 bits per heavy atom. The molecule has 0 radical (unpaired) electrons. The topological polar surface area (TPSA) is 80.3 Å². The number of pyridine rings is 1. The van der Waals surface area contributed by atoms with Crippen LogP contribution in [-0.2, 0) is 4.74 Å². The highest BCUT2D eigenvalue weighted by Crippen LogP contribution is 2.23. The molecule has 1 aromatic carbocycles. The predicted octanol–water partition coefficient (Wildman–Crippen LogP) is 3.55. The van der Waals surface area contributed by atoms with E-state index in [1.54, 1.807) is 18.2 Å². The largest absolute Gasteiger partial charge is 0.376 e. The summed E-state index contributed by atoms with van der Waals surface area (Å²) in [6.45, 7) is 1.15. The lowest BCUT2D eigenvalue weighted by atomic mass is 10.2. The van der Waals surface area contributed by atoms with Gasteiger partial charge in [0, 0.05) is 40.6 Å². The zero-order valence-corrected chi connectivity index (χ0v) is 15.3. The molecule has 1 aliphatic heterocycles. The lowest BCUT2D eigenvalue weighted by Crippen LogP contribution is -2.32. The SMILES string of the molecule is O=C(Nc1cc(Cl)cc(Cl)c1)c1ccnc(C(=O)NCC2CCCO2)c1. The van der Waals surface area contributed by atoms with Gasteiger partial charge in [-0.1, -0.05) is 23.2 Å². The third kappa shape index (κ3) is 4.94. The standard InChI is InChI=1S/C18H17Cl2N3O3/c19-12-7-13(20)9-14(8-12)23-17(24)11-3-4-21-16(6-11)18(25)22-10-15-2-1-5-26-15/h3-4,6-9,15H,1-2,5,10H2,(H,22,25)(H,23,24). The molecule has 2 amide bonds. The molecule has 1 aliphatic rings. The van der Waals surface area contributed by atoms with Gasteiger partial charge in [0.2, 0.25) is 0 Å². The first kappa shape index (κ1) is 18.6. The van der Waals surface area contributed by atoms with Gasteiger partial charge in [-0.05, 0) is 43.2 Å². The number of nitrogens with zero attached hydrogens (tertiary/aromatic N) is 1. The van der Waals surface area contributed by atoms with Crippen molar-refractivity contribution in [1.29, 1.82) is 0 Å². The predicted molar refractivity (Wildman–Crippen MR) is 100.0 cm³/mol. The molecule has 2 aromatic rings. The van der Waals surface area contributed by atoms with Crippen molar-refractivity contribution < 1.29 is 14.3 Å². The van der Waals surface area contributed by atoms with Gasteiger partial charge in [-0.2, -0.15) is 0 Å². The molecule has 3 rings (SSSR count). The second-order valence-corrected chi connectivity index (χ2v) is 6.76. The molecule has 2 N–H and O–H groups in total. The summed E-state index contributed by atoms with van der Waals surface area (Å²) in [5, 5.41) is 6.30. The molecule has 8 heteroatoms. The number of hydrogen-bond donors (Lipinski definition) is 2. The first-order valence-electron chi connectivity index (χ1n) is 8.14. The average molecular weight is 394 g/mol. The second-order valence-electron chi connectivity index (χ2n) is 5.89. The minimum absolute atomic E-state index is 0.0398. The van der Waals surface area contributed by atoms with Crippen LogP contribution < -0.4 is 10.6 Å². The van der Waals surface area contributed by atoms with Crippen molar-refractivity contribution >= 4 is 40.7 Å². The first-order valence-corrected chi connectivity index (χ1v) is 8.90. The van der Waals surface area contributed by atoms with Crippen LogP contribution >= 0.6 is 23.2 Å². The lowest BCUT2D eigenvalue weighted by Gasteiger charge is -2.11. The van der Waals surface area contributed by atoms with Crippen molar-refractivity contribution in [3.05, 3.63) is 57.8 Å². The van der Waals surface area contributed by atoms with Crippen molar-refractivity contribution in [2.75, 3.05) is 18.5 Å². The van der Waals surface area contributed by atoms with Gasteiger partial charge in [0.15, 0.2) is 0 Å². The van der Waals surface area contributed by atoms with E-state index in [1.165, 1.54) is 18.3 Å². The summed E-state index contributed by atoms with van der Waals surface area (Å²) >= 11 is 11.9. The molecule has 0 saturated carbocycles. The van der Waals surface area contributed by atoms with Crippen LogP contribution in [0.25, 0.3) is 0 Å². The van der Waals surface area contributed by atoms with E-state index in [9.17, 15) is 9.59 Å². The van der Waals surface area contributed by atoms with Crippen LogP contribution in [0.4, 0.5) is 5.69 Å². The number of aromatic nitrogens is 1. The fraction of sp³-hybridized carbons (Fsp3) is 0.278. The molecular weight excluding hydrogens is 377 g/mol. The third-order valence-electron chi connectivity index (χ3n) is 3.89. The number of hydrogen-bond acceptors (Lipinski definition) is 4. The quantitative estimate of drug-likeness (QED) is 0.813. The van der Waals surface area contributed by atoms with Crippen LogP contribution in [-0.4, -0.2) is 36.1 Å². The molecule has 136 valence electrons. The number of halogens is 2. The molecule has 2 heterocycles. The second kappa shape index (κ2) is 8.49. The van der Waals surface area contributed by atoms with E-state index in [2.05, 4.69) is 15.6 Å². The molecule has 0 aliphatic carbocycles. The Morgan fingerprint density at radius 1 is 1.15 bits per heavy atom.